The second kappa shape index (κ2) is 21.2. The van der Waals surface area contributed by atoms with Gasteiger partial charge in [-0.2, -0.15) is 26.3 Å². The first-order valence-corrected chi connectivity index (χ1v) is 18.0. The van der Waals surface area contributed by atoms with Crippen LogP contribution in [0.2, 0.25) is 0 Å². The molecule has 0 saturated carbocycles. The normalized spacial score (nSPS) is 10.9. The van der Waals surface area contributed by atoms with Gasteiger partial charge in [0, 0.05) is 12.4 Å². The molecule has 0 aliphatic carbocycles. The number of alkyl halides is 10. The number of aromatic nitrogens is 6. The van der Waals surface area contributed by atoms with E-state index >= 15 is 0 Å². The van der Waals surface area contributed by atoms with E-state index in [9.17, 15) is 26.3 Å². The van der Waals surface area contributed by atoms with Crippen LogP contribution in [0.4, 0.5) is 26.3 Å². The number of aryl methyl sites for hydroxylation is 6. The quantitative estimate of drug-likeness (QED) is 0.129. The van der Waals surface area contributed by atoms with Gasteiger partial charge in [-0.3, -0.25) is 9.97 Å². The molecule has 0 spiro atoms. The van der Waals surface area contributed by atoms with Crippen molar-refractivity contribution in [2.45, 2.75) is 53.9 Å². The number of nitrogens with zero attached hydrogens (tertiary/aromatic N) is 6. The first kappa shape index (κ1) is 47.7. The minimum Gasteiger partial charge on any atom is -0.576 e. The first-order chi connectivity index (χ1) is 25.3. The van der Waals surface area contributed by atoms with Crippen molar-refractivity contribution in [1.82, 2.24) is 30.4 Å². The molecule has 6 aromatic rings. The summed E-state index contributed by atoms with van der Waals surface area (Å²) < 4.78 is 73.2. The Balaban J connectivity index is 0.000000357. The van der Waals surface area contributed by atoms with Gasteiger partial charge in [0.05, 0.1) is 22.1 Å². The van der Waals surface area contributed by atoms with E-state index in [0.29, 0.717) is 12.1 Å². The molecule has 17 heteroatoms. The van der Waals surface area contributed by atoms with Gasteiger partial charge in [0.1, 0.15) is 11.4 Å². The maximum atomic E-state index is 12.2. The Hall–Kier alpha value is -3.41. The van der Waals surface area contributed by atoms with Gasteiger partial charge in [-0.25, -0.2) is 0 Å². The van der Waals surface area contributed by atoms with Crippen LogP contribution in [0.15, 0.2) is 73.1 Å². The van der Waals surface area contributed by atoms with Gasteiger partial charge in [0.15, 0.2) is 0 Å². The molecule has 4 heterocycles. The molecule has 0 unspecified atom stereocenters. The number of rotatable bonds is 4. The van der Waals surface area contributed by atoms with Crippen LogP contribution in [0.3, 0.4) is 0 Å². The molecule has 0 radical (unpaired) electrons. The molecule has 0 amide bonds. The van der Waals surface area contributed by atoms with Crippen molar-refractivity contribution in [2.24, 2.45) is 0 Å². The molecular weight excluding hydrogens is 991 g/mol. The summed E-state index contributed by atoms with van der Waals surface area (Å²) in [5.41, 5.74) is 11.1. The van der Waals surface area contributed by atoms with Crippen molar-refractivity contribution in [3.8, 4) is 45.0 Å². The fourth-order valence-electron chi connectivity index (χ4n) is 5.84. The Kier molecular flexibility index (Phi) is 18.4. The van der Waals surface area contributed by atoms with Crippen LogP contribution in [-0.2, 0) is 33.4 Å². The molecule has 0 aliphatic heterocycles. The van der Waals surface area contributed by atoms with Gasteiger partial charge in [0.2, 0.25) is 0 Å². The SMILES string of the molecule is Cc1cc(C)c(-c2ccnc(-c3cc(-c4c(C)cc(C)cc4C)ccn3)c2)c(C)c1.ClCCl.ClCCl.FC(F)(F)c1cc(-c2cc(C(F)(F)F)n[n-]2)[n-]n1.[Pt+2]. The Bertz CT molecular complexity index is 1950. The van der Waals surface area contributed by atoms with E-state index in [-0.39, 0.29) is 31.7 Å². The van der Waals surface area contributed by atoms with Gasteiger partial charge in [-0.15, -0.1) is 57.8 Å². The van der Waals surface area contributed by atoms with Crippen molar-refractivity contribution in [1.29, 1.82) is 0 Å². The number of pyridine rings is 2. The third kappa shape index (κ3) is 13.3. The molecule has 0 bridgehead atoms. The maximum absolute atomic E-state index is 12.2. The topological polar surface area (TPSA) is 79.8 Å². The van der Waals surface area contributed by atoms with Crippen LogP contribution in [0, 0.1) is 41.5 Å². The molecular formula is C38H34Cl4F6N6Pt. The maximum Gasteiger partial charge on any atom is 2.00 e. The molecule has 0 saturated heterocycles. The smallest absolute Gasteiger partial charge is 0.576 e. The predicted molar refractivity (Wildman–Crippen MR) is 204 cm³/mol. The molecule has 0 N–H and O–H groups in total. The minimum absolute atomic E-state index is 0. The van der Waals surface area contributed by atoms with Crippen molar-refractivity contribution in [2.75, 3.05) is 10.7 Å². The van der Waals surface area contributed by atoms with Crippen molar-refractivity contribution < 1.29 is 47.4 Å². The van der Waals surface area contributed by atoms with Crippen molar-refractivity contribution in [3.05, 3.63) is 118 Å². The second-order valence-corrected chi connectivity index (χ2v) is 13.5. The number of benzene rings is 2. The largest absolute Gasteiger partial charge is 2.00 e. The van der Waals surface area contributed by atoms with E-state index in [1.165, 1.54) is 55.6 Å². The fourth-order valence-corrected chi connectivity index (χ4v) is 5.84. The third-order valence-corrected chi connectivity index (χ3v) is 7.63. The van der Waals surface area contributed by atoms with Crippen LogP contribution in [0.5, 0.6) is 0 Å². The summed E-state index contributed by atoms with van der Waals surface area (Å²) in [4.78, 5) is 9.29. The van der Waals surface area contributed by atoms with Gasteiger partial charge in [-0.1, -0.05) is 35.4 Å². The van der Waals surface area contributed by atoms with Crippen LogP contribution in [-0.4, -0.2) is 30.8 Å². The van der Waals surface area contributed by atoms with Crippen LogP contribution >= 0.6 is 46.4 Å². The summed E-state index contributed by atoms with van der Waals surface area (Å²) in [6, 6.07) is 18.5. The van der Waals surface area contributed by atoms with E-state index in [4.69, 9.17) is 46.4 Å². The van der Waals surface area contributed by atoms with Crippen molar-refractivity contribution in [3.63, 3.8) is 0 Å². The van der Waals surface area contributed by atoms with E-state index in [2.05, 4.69) is 120 Å². The Morgan fingerprint density at radius 3 is 1.05 bits per heavy atom. The standard InChI is InChI=1S/C28H28N2.C8H2F6N4.2CH2Cl2.Pt/c1-17-11-19(3)27(20(4)12-17)23-7-9-29-25(15-23)26-16-24(8-10-30-26)28-21(5)13-18(2)14-22(28)6;9-7(10,11)5-1-3(15-17-5)4-2-6(18-16-4)8(12,13)14;2*2-1-3;/h7-16H,1-6H3;1-2H;2*1H2;/q;-2;;;+2. The zero-order valence-corrected chi connectivity index (χ0v) is 35.4. The molecule has 296 valence electrons. The molecule has 0 atom stereocenters. The van der Waals surface area contributed by atoms with Crippen molar-refractivity contribution >= 4 is 46.4 Å². The van der Waals surface area contributed by atoms with Gasteiger partial charge in [0.25, 0.3) is 0 Å². The molecule has 4 aromatic heterocycles. The summed E-state index contributed by atoms with van der Waals surface area (Å²) in [6.07, 6.45) is -5.64. The Morgan fingerprint density at radius 1 is 0.509 bits per heavy atom. The average Bonchev–Trinajstić information content (AvgIpc) is 3.77. The second-order valence-electron chi connectivity index (χ2n) is 11.8. The number of hydrogen-bond donors (Lipinski definition) is 0. The molecule has 6 nitrogen and oxygen atoms in total. The van der Waals surface area contributed by atoms with Crippen LogP contribution in [0.25, 0.3) is 45.0 Å². The fraction of sp³-hybridized carbons (Fsp3) is 0.263. The third-order valence-electron chi connectivity index (χ3n) is 7.63. The number of hydrogen-bond acceptors (Lipinski definition) is 4. The van der Waals surface area contributed by atoms with E-state index in [0.717, 1.165) is 11.4 Å². The van der Waals surface area contributed by atoms with Gasteiger partial charge in [-0.05, 0) is 122 Å². The Morgan fingerprint density at radius 2 is 0.800 bits per heavy atom. The molecule has 0 fully saturated rings. The average molecular weight is 1030 g/mol. The number of halogens is 10. The zero-order valence-electron chi connectivity index (χ0n) is 30.1. The van der Waals surface area contributed by atoms with Gasteiger partial charge >= 0.3 is 33.4 Å². The monoisotopic (exact) mass is 1020 g/mol. The van der Waals surface area contributed by atoms with E-state index in [1.807, 2.05) is 12.4 Å². The van der Waals surface area contributed by atoms with Crippen LogP contribution < -0.4 is 10.2 Å². The molecule has 0 aliphatic rings. The van der Waals surface area contributed by atoms with E-state index < -0.39 is 35.1 Å². The Labute approximate surface area is 349 Å². The summed E-state index contributed by atoms with van der Waals surface area (Å²) in [5, 5.41) is 12.2. The van der Waals surface area contributed by atoms with Gasteiger partial charge < -0.3 is 20.4 Å². The zero-order chi connectivity index (χ0) is 40.4. The van der Waals surface area contributed by atoms with Crippen LogP contribution in [0.1, 0.15) is 44.8 Å². The van der Waals surface area contributed by atoms with E-state index in [1.54, 1.807) is 0 Å². The summed E-state index contributed by atoms with van der Waals surface area (Å²) in [7, 11) is 0. The minimum atomic E-state index is -4.71. The molecule has 2 aromatic carbocycles. The molecule has 55 heavy (non-hydrogen) atoms. The summed E-state index contributed by atoms with van der Waals surface area (Å²) >= 11 is 19.1. The summed E-state index contributed by atoms with van der Waals surface area (Å²) in [5.74, 6) is 0. The molecule has 6 rings (SSSR count). The predicted octanol–water partition coefficient (Wildman–Crippen LogP) is 12.3. The first-order valence-electron chi connectivity index (χ1n) is 15.8. The summed E-state index contributed by atoms with van der Waals surface area (Å²) in [6.45, 7) is 13.0.